The number of nitrogens with zero attached hydrogens (tertiary/aromatic N) is 1. The second-order valence-electron chi connectivity index (χ2n) is 6.67. The van der Waals surface area contributed by atoms with Crippen LogP contribution in [0.3, 0.4) is 0 Å². The molecule has 1 saturated carbocycles. The number of rotatable bonds is 6. The number of amides is 1. The highest BCUT2D eigenvalue weighted by Gasteiger charge is 2.28. The van der Waals surface area contributed by atoms with E-state index in [1.807, 2.05) is 24.0 Å². The molecule has 1 aliphatic carbocycles. The van der Waals surface area contributed by atoms with Crippen molar-refractivity contribution in [3.8, 4) is 0 Å². The third kappa shape index (κ3) is 5.94. The lowest BCUT2D eigenvalue weighted by molar-refractivity contribution is -0.131. The van der Waals surface area contributed by atoms with Gasteiger partial charge in [-0.3, -0.25) is 4.79 Å². The van der Waals surface area contributed by atoms with Gasteiger partial charge < -0.3 is 10.2 Å². The van der Waals surface area contributed by atoms with E-state index in [1.54, 1.807) is 11.8 Å². The summed E-state index contributed by atoms with van der Waals surface area (Å²) < 4.78 is 1.07. The van der Waals surface area contributed by atoms with Gasteiger partial charge in [-0.1, -0.05) is 15.9 Å². The Labute approximate surface area is 163 Å². The molecule has 2 aliphatic rings. The average Bonchev–Trinajstić information content (AvgIpc) is 3.39. The van der Waals surface area contributed by atoms with E-state index >= 15 is 0 Å². The topological polar surface area (TPSA) is 32.3 Å². The Morgan fingerprint density at radius 3 is 2.46 bits per heavy atom. The Kier molecular flexibility index (Phi) is 7.92. The van der Waals surface area contributed by atoms with E-state index in [2.05, 4.69) is 33.4 Å². The van der Waals surface area contributed by atoms with Gasteiger partial charge in [0.1, 0.15) is 0 Å². The van der Waals surface area contributed by atoms with Crippen LogP contribution in [0.25, 0.3) is 0 Å². The predicted octanol–water partition coefficient (Wildman–Crippen LogP) is 4.34. The minimum atomic E-state index is -0.0212. The number of carbonyl (C=O) groups is 1. The highest BCUT2D eigenvalue weighted by molar-refractivity contribution is 9.10. The van der Waals surface area contributed by atoms with Gasteiger partial charge in [-0.05, 0) is 69.3 Å². The van der Waals surface area contributed by atoms with Crippen LogP contribution in [0, 0.1) is 5.92 Å². The maximum Gasteiger partial charge on any atom is 0.235 e. The lowest BCUT2D eigenvalue weighted by Gasteiger charge is -2.34. The number of hydrogen-bond donors (Lipinski definition) is 1. The molecule has 0 radical (unpaired) electrons. The molecule has 1 aromatic carbocycles. The Balaban J connectivity index is 0.00000208. The quantitative estimate of drug-likeness (QED) is 0.677. The van der Waals surface area contributed by atoms with Crippen molar-refractivity contribution < 1.29 is 4.79 Å². The number of benzene rings is 1. The lowest BCUT2D eigenvalue weighted by atomic mass is 10.0. The van der Waals surface area contributed by atoms with Crippen molar-refractivity contribution in [3.05, 3.63) is 28.7 Å². The summed E-state index contributed by atoms with van der Waals surface area (Å²) in [6.45, 7) is 4.99. The summed E-state index contributed by atoms with van der Waals surface area (Å²) in [4.78, 5) is 15.8. The molecule has 1 unspecified atom stereocenters. The summed E-state index contributed by atoms with van der Waals surface area (Å²) in [5.74, 6) is 1.20. The molecule has 24 heavy (non-hydrogen) atoms. The molecule has 1 N–H and O–H groups in total. The molecule has 134 valence electrons. The van der Waals surface area contributed by atoms with Gasteiger partial charge in [-0.25, -0.2) is 0 Å². The number of likely N-dealkylation sites (tertiary alicyclic amines) is 1. The second kappa shape index (κ2) is 9.46. The normalized spacial score (nSPS) is 19.7. The van der Waals surface area contributed by atoms with E-state index in [9.17, 15) is 4.79 Å². The van der Waals surface area contributed by atoms with Gasteiger partial charge in [0.05, 0.1) is 5.25 Å². The summed E-state index contributed by atoms with van der Waals surface area (Å²) >= 11 is 5.09. The van der Waals surface area contributed by atoms with Crippen LogP contribution in [-0.2, 0) is 4.79 Å². The summed E-state index contributed by atoms with van der Waals surface area (Å²) in [6.07, 6.45) is 4.98. The molecule has 1 saturated heterocycles. The van der Waals surface area contributed by atoms with Crippen LogP contribution in [0.2, 0.25) is 0 Å². The molecular formula is C18H26BrClN2OS. The monoisotopic (exact) mass is 432 g/mol. The van der Waals surface area contributed by atoms with Crippen molar-refractivity contribution in [1.82, 2.24) is 10.2 Å². The van der Waals surface area contributed by atoms with Crippen LogP contribution >= 0.6 is 40.1 Å². The van der Waals surface area contributed by atoms with Gasteiger partial charge in [-0.2, -0.15) is 0 Å². The molecular weight excluding hydrogens is 408 g/mol. The first-order valence-electron chi connectivity index (χ1n) is 8.56. The van der Waals surface area contributed by atoms with Crippen LogP contribution in [0.15, 0.2) is 33.6 Å². The molecule has 1 heterocycles. The first-order valence-corrected chi connectivity index (χ1v) is 10.2. The summed E-state index contributed by atoms with van der Waals surface area (Å²) in [5, 5.41) is 3.65. The summed E-state index contributed by atoms with van der Waals surface area (Å²) in [5.41, 5.74) is 0. The van der Waals surface area contributed by atoms with Crippen molar-refractivity contribution in [2.24, 2.45) is 5.92 Å². The molecule has 1 atom stereocenters. The van der Waals surface area contributed by atoms with Crippen molar-refractivity contribution >= 4 is 46.0 Å². The Bertz CT molecular complexity index is 530. The maximum absolute atomic E-state index is 12.6. The van der Waals surface area contributed by atoms with Crippen molar-refractivity contribution in [2.45, 2.75) is 48.8 Å². The minimum absolute atomic E-state index is 0. The van der Waals surface area contributed by atoms with Crippen molar-refractivity contribution in [1.29, 1.82) is 0 Å². The minimum Gasteiger partial charge on any atom is -0.342 e. The number of nitrogens with one attached hydrogen (secondary N) is 1. The largest absolute Gasteiger partial charge is 0.342 e. The molecule has 0 spiro atoms. The molecule has 0 bridgehead atoms. The molecule has 0 aromatic heterocycles. The number of hydrogen-bond acceptors (Lipinski definition) is 3. The van der Waals surface area contributed by atoms with Gasteiger partial charge in [0.15, 0.2) is 0 Å². The van der Waals surface area contributed by atoms with E-state index in [4.69, 9.17) is 0 Å². The predicted molar refractivity (Wildman–Crippen MR) is 107 cm³/mol. The molecule has 3 rings (SSSR count). The highest BCUT2D eigenvalue weighted by Crippen LogP contribution is 2.29. The number of piperidine rings is 1. The first kappa shape index (κ1) is 20.1. The van der Waals surface area contributed by atoms with Gasteiger partial charge in [0, 0.05) is 28.5 Å². The first-order chi connectivity index (χ1) is 11.1. The van der Waals surface area contributed by atoms with Crippen LogP contribution in [0.1, 0.15) is 32.6 Å². The zero-order chi connectivity index (χ0) is 16.2. The third-order valence-electron chi connectivity index (χ3n) is 4.67. The van der Waals surface area contributed by atoms with Gasteiger partial charge >= 0.3 is 0 Å². The molecule has 1 amide bonds. The van der Waals surface area contributed by atoms with E-state index in [0.29, 0.717) is 6.04 Å². The summed E-state index contributed by atoms with van der Waals surface area (Å²) in [6, 6.07) is 8.78. The van der Waals surface area contributed by atoms with Gasteiger partial charge in [0.2, 0.25) is 5.91 Å². The SMILES string of the molecule is CC(Sc1ccc(Br)cc1)C(=O)N1CCC(NCC2CC2)CC1.Cl. The van der Waals surface area contributed by atoms with Crippen LogP contribution in [0.5, 0.6) is 0 Å². The van der Waals surface area contributed by atoms with E-state index in [0.717, 1.165) is 41.2 Å². The fourth-order valence-electron chi connectivity index (χ4n) is 2.98. The van der Waals surface area contributed by atoms with Crippen molar-refractivity contribution in [2.75, 3.05) is 19.6 Å². The standard InChI is InChI=1S/C18H25BrN2OS.ClH/c1-13(23-17-6-4-15(19)5-7-17)18(22)21-10-8-16(9-11-21)20-12-14-2-3-14;/h4-7,13-14,16,20H,2-3,8-12H2,1H3;1H. The smallest absolute Gasteiger partial charge is 0.235 e. The average molecular weight is 434 g/mol. The lowest BCUT2D eigenvalue weighted by Crippen LogP contribution is -2.47. The van der Waals surface area contributed by atoms with E-state index in [1.165, 1.54) is 19.4 Å². The fourth-order valence-corrected chi connectivity index (χ4v) is 4.20. The highest BCUT2D eigenvalue weighted by atomic mass is 79.9. The Morgan fingerprint density at radius 2 is 1.88 bits per heavy atom. The second-order valence-corrected chi connectivity index (χ2v) is 9.00. The van der Waals surface area contributed by atoms with Gasteiger partial charge in [0.25, 0.3) is 0 Å². The number of halogens is 2. The van der Waals surface area contributed by atoms with Crippen LogP contribution < -0.4 is 5.32 Å². The Morgan fingerprint density at radius 1 is 1.25 bits per heavy atom. The summed E-state index contributed by atoms with van der Waals surface area (Å²) in [7, 11) is 0. The molecule has 3 nitrogen and oxygen atoms in total. The van der Waals surface area contributed by atoms with E-state index < -0.39 is 0 Å². The molecule has 6 heteroatoms. The van der Waals surface area contributed by atoms with Crippen molar-refractivity contribution in [3.63, 3.8) is 0 Å². The van der Waals surface area contributed by atoms with Gasteiger partial charge in [-0.15, -0.1) is 24.2 Å². The molecule has 1 aliphatic heterocycles. The molecule has 1 aromatic rings. The van der Waals surface area contributed by atoms with E-state index in [-0.39, 0.29) is 23.6 Å². The zero-order valence-electron chi connectivity index (χ0n) is 14.0. The zero-order valence-corrected chi connectivity index (χ0v) is 17.3. The number of carbonyl (C=O) groups excluding carboxylic acids is 1. The van der Waals surface area contributed by atoms with Crippen LogP contribution in [0.4, 0.5) is 0 Å². The fraction of sp³-hybridized carbons (Fsp3) is 0.611. The maximum atomic E-state index is 12.6. The van der Waals surface area contributed by atoms with Crippen LogP contribution in [-0.4, -0.2) is 41.7 Å². The number of thioether (sulfide) groups is 1. The Hall–Kier alpha value is -0.230. The third-order valence-corrected chi connectivity index (χ3v) is 6.30. The molecule has 2 fully saturated rings.